The summed E-state index contributed by atoms with van der Waals surface area (Å²) in [6, 6.07) is 15.7. The van der Waals surface area contributed by atoms with E-state index in [1.54, 1.807) is 0 Å². The fraction of sp³-hybridized carbons (Fsp3) is 0. The Bertz CT molecular complexity index is 874. The molecule has 3 rings (SSSR count). The van der Waals surface area contributed by atoms with Gasteiger partial charge in [-0.3, -0.25) is 9.11 Å². The van der Waals surface area contributed by atoms with Crippen LogP contribution in [0.15, 0.2) is 48.5 Å². The number of para-hydroxylation sites is 2. The van der Waals surface area contributed by atoms with Gasteiger partial charge in [0.2, 0.25) is 0 Å². The van der Waals surface area contributed by atoms with E-state index >= 15 is 0 Å². The van der Waals surface area contributed by atoms with Crippen molar-refractivity contribution in [3.63, 3.8) is 0 Å². The molecule has 0 amide bonds. The number of nitrogens with two attached hydrogens (primary N) is 1. The molecule has 0 saturated carbocycles. The first-order chi connectivity index (χ1) is 10.8. The first-order valence-electron chi connectivity index (χ1n) is 6.49. The van der Waals surface area contributed by atoms with Gasteiger partial charge in [-0.15, -0.1) is 0 Å². The van der Waals surface area contributed by atoms with Crippen molar-refractivity contribution in [3.8, 4) is 0 Å². The molecule has 0 aliphatic carbocycles. The number of fused-ring (bicyclic) bond motifs is 1. The van der Waals surface area contributed by atoms with Crippen LogP contribution in [-0.4, -0.2) is 27.5 Å². The Morgan fingerprint density at radius 1 is 1.00 bits per heavy atom. The number of nitrogens with zero attached hydrogens (tertiary/aromatic N) is 1. The van der Waals surface area contributed by atoms with E-state index in [1.807, 2.05) is 60.7 Å². The molecule has 120 valence electrons. The first-order valence-corrected chi connectivity index (χ1v) is 7.89. The van der Waals surface area contributed by atoms with Crippen LogP contribution in [0.3, 0.4) is 0 Å². The van der Waals surface area contributed by atoms with E-state index in [0.29, 0.717) is 0 Å². The van der Waals surface area contributed by atoms with Crippen molar-refractivity contribution in [3.05, 3.63) is 59.9 Å². The number of nitrogen functional groups attached to an aromatic ring is 1. The minimum atomic E-state index is -4.67. The first kappa shape index (κ1) is 16.7. The van der Waals surface area contributed by atoms with Gasteiger partial charge in [-0.1, -0.05) is 30.3 Å². The van der Waals surface area contributed by atoms with Gasteiger partial charge in [-0.2, -0.15) is 8.42 Å². The van der Waals surface area contributed by atoms with Crippen molar-refractivity contribution >= 4 is 39.3 Å². The molecule has 0 saturated heterocycles. The standard InChI is InChI=1S/C15H13N3.H2O4S/c16-12-8-5-11(6-9-12)7-10-15-17-13-3-1-2-4-14(13)18-15;1-5(2,3)4/h1-10H,16H2,(H,17,18);(H2,1,2,3,4). The molecule has 1 heterocycles. The minimum Gasteiger partial charge on any atom is -0.399 e. The minimum absolute atomic E-state index is 0.774. The number of aromatic amines is 1. The third kappa shape index (κ3) is 5.91. The number of hydrogen-bond donors (Lipinski definition) is 4. The Kier molecular flexibility index (Phi) is 5.12. The topological polar surface area (TPSA) is 129 Å². The van der Waals surface area contributed by atoms with Crippen LogP contribution in [0.1, 0.15) is 11.4 Å². The summed E-state index contributed by atoms with van der Waals surface area (Å²) in [5.74, 6) is 0.855. The fourth-order valence-corrected chi connectivity index (χ4v) is 1.83. The van der Waals surface area contributed by atoms with Gasteiger partial charge < -0.3 is 10.7 Å². The number of aromatic nitrogens is 2. The molecule has 8 heteroatoms. The third-order valence-corrected chi connectivity index (χ3v) is 2.78. The van der Waals surface area contributed by atoms with Crippen LogP contribution in [0.2, 0.25) is 0 Å². The van der Waals surface area contributed by atoms with Crippen LogP contribution in [0, 0.1) is 0 Å². The van der Waals surface area contributed by atoms with Crippen LogP contribution in [0.25, 0.3) is 23.2 Å². The highest BCUT2D eigenvalue weighted by Crippen LogP contribution is 2.13. The highest BCUT2D eigenvalue weighted by molar-refractivity contribution is 7.79. The summed E-state index contributed by atoms with van der Waals surface area (Å²) in [5, 5.41) is 0. The maximum Gasteiger partial charge on any atom is 0.394 e. The lowest BCUT2D eigenvalue weighted by Gasteiger charge is -1.93. The molecule has 0 spiro atoms. The fourth-order valence-electron chi connectivity index (χ4n) is 1.83. The highest BCUT2D eigenvalue weighted by Gasteiger charge is 1.97. The molecule has 3 aromatic rings. The van der Waals surface area contributed by atoms with E-state index in [9.17, 15) is 0 Å². The van der Waals surface area contributed by atoms with Crippen LogP contribution in [0.5, 0.6) is 0 Å². The van der Waals surface area contributed by atoms with Gasteiger partial charge >= 0.3 is 10.4 Å². The number of nitrogens with one attached hydrogen (secondary N) is 1. The normalized spacial score (nSPS) is 11.4. The van der Waals surface area contributed by atoms with Crippen molar-refractivity contribution in [2.75, 3.05) is 5.73 Å². The third-order valence-electron chi connectivity index (χ3n) is 2.78. The maximum absolute atomic E-state index is 8.74. The molecule has 2 aromatic carbocycles. The van der Waals surface area contributed by atoms with Gasteiger partial charge in [0.05, 0.1) is 11.0 Å². The molecule has 0 aliphatic rings. The van der Waals surface area contributed by atoms with E-state index < -0.39 is 10.4 Å². The summed E-state index contributed by atoms with van der Waals surface area (Å²) in [7, 11) is -4.67. The van der Waals surface area contributed by atoms with Crippen molar-refractivity contribution in [1.29, 1.82) is 0 Å². The van der Waals surface area contributed by atoms with Gasteiger partial charge in [0.25, 0.3) is 0 Å². The van der Waals surface area contributed by atoms with Crippen molar-refractivity contribution in [2.45, 2.75) is 0 Å². The van der Waals surface area contributed by atoms with Gasteiger partial charge in [-0.25, -0.2) is 4.98 Å². The van der Waals surface area contributed by atoms with Crippen molar-refractivity contribution in [1.82, 2.24) is 9.97 Å². The van der Waals surface area contributed by atoms with Crippen LogP contribution < -0.4 is 5.73 Å². The van der Waals surface area contributed by atoms with Gasteiger partial charge in [0.1, 0.15) is 5.82 Å². The molecule has 0 fully saturated rings. The Hall–Kier alpha value is -2.68. The Morgan fingerprint density at radius 3 is 2.22 bits per heavy atom. The Morgan fingerprint density at radius 2 is 1.61 bits per heavy atom. The van der Waals surface area contributed by atoms with E-state index in [4.69, 9.17) is 23.3 Å². The van der Waals surface area contributed by atoms with Crippen LogP contribution in [0.4, 0.5) is 5.69 Å². The van der Waals surface area contributed by atoms with E-state index in [-0.39, 0.29) is 0 Å². The number of hydrogen-bond acceptors (Lipinski definition) is 4. The second-order valence-corrected chi connectivity index (χ2v) is 5.48. The molecule has 0 radical (unpaired) electrons. The summed E-state index contributed by atoms with van der Waals surface area (Å²) < 4.78 is 31.6. The largest absolute Gasteiger partial charge is 0.399 e. The van der Waals surface area contributed by atoms with E-state index in [0.717, 1.165) is 28.1 Å². The molecule has 0 aliphatic heterocycles. The average Bonchev–Trinajstić information content (AvgIpc) is 2.88. The molecule has 0 unspecified atom stereocenters. The number of benzene rings is 2. The second kappa shape index (κ2) is 7.05. The lowest BCUT2D eigenvalue weighted by molar-refractivity contribution is 0.381. The highest BCUT2D eigenvalue weighted by atomic mass is 32.3. The summed E-state index contributed by atoms with van der Waals surface area (Å²) in [4.78, 5) is 7.73. The quantitative estimate of drug-likeness (QED) is 0.421. The zero-order chi connectivity index (χ0) is 16.9. The predicted molar refractivity (Wildman–Crippen MR) is 90.1 cm³/mol. The van der Waals surface area contributed by atoms with E-state index in [1.165, 1.54) is 0 Å². The van der Waals surface area contributed by atoms with Gasteiger partial charge in [0, 0.05) is 5.69 Å². The maximum atomic E-state index is 8.74. The predicted octanol–water partition coefficient (Wildman–Crippen LogP) is 2.66. The Balaban J connectivity index is 0.000000338. The molecule has 23 heavy (non-hydrogen) atoms. The van der Waals surface area contributed by atoms with Crippen molar-refractivity contribution in [2.24, 2.45) is 0 Å². The molecule has 0 atom stereocenters. The van der Waals surface area contributed by atoms with E-state index in [2.05, 4.69) is 9.97 Å². The lowest BCUT2D eigenvalue weighted by Crippen LogP contribution is -1.89. The molecule has 7 nitrogen and oxygen atoms in total. The molecule has 5 N–H and O–H groups in total. The average molecular weight is 333 g/mol. The zero-order valence-corrected chi connectivity index (χ0v) is 12.7. The summed E-state index contributed by atoms with van der Waals surface area (Å²) in [6.07, 6.45) is 3.97. The molecular formula is C15H15N3O4S. The Labute approximate surface area is 133 Å². The van der Waals surface area contributed by atoms with Crippen molar-refractivity contribution < 1.29 is 17.5 Å². The summed E-state index contributed by atoms with van der Waals surface area (Å²) >= 11 is 0. The second-order valence-electron chi connectivity index (χ2n) is 4.59. The monoisotopic (exact) mass is 333 g/mol. The number of rotatable bonds is 2. The molecule has 1 aromatic heterocycles. The lowest BCUT2D eigenvalue weighted by atomic mass is 10.2. The molecular weight excluding hydrogens is 318 g/mol. The summed E-state index contributed by atoms with van der Waals surface area (Å²) in [5.41, 5.74) is 9.55. The van der Waals surface area contributed by atoms with Crippen LogP contribution >= 0.6 is 0 Å². The number of H-pyrrole nitrogens is 1. The number of anilines is 1. The van der Waals surface area contributed by atoms with Gasteiger partial charge in [-0.05, 0) is 35.9 Å². The van der Waals surface area contributed by atoms with Gasteiger partial charge in [0.15, 0.2) is 0 Å². The molecule has 0 bridgehead atoms. The number of imidazole rings is 1. The van der Waals surface area contributed by atoms with Crippen LogP contribution in [-0.2, 0) is 10.4 Å². The SMILES string of the molecule is Nc1ccc(C=Cc2nc3ccccc3[nH]2)cc1.O=S(=O)(O)O. The summed E-state index contributed by atoms with van der Waals surface area (Å²) in [6.45, 7) is 0. The smallest absolute Gasteiger partial charge is 0.394 e. The zero-order valence-electron chi connectivity index (χ0n) is 11.9.